The Hall–Kier alpha value is -3.45. The zero-order valence-electron chi connectivity index (χ0n) is 16.3. The van der Waals surface area contributed by atoms with Crippen LogP contribution in [0.4, 0.5) is 22.9 Å². The summed E-state index contributed by atoms with van der Waals surface area (Å²) < 4.78 is 5.41. The third-order valence-corrected chi connectivity index (χ3v) is 4.82. The van der Waals surface area contributed by atoms with Crippen LogP contribution in [-0.2, 0) is 4.74 Å². The SMILES string of the molecule is Cc1ccc(NC(=O)c2cccc(N3CCOCC3)c2)cc1Nc1ccncn1. The largest absolute Gasteiger partial charge is 0.378 e. The Labute approximate surface area is 169 Å². The Morgan fingerprint density at radius 1 is 1.10 bits per heavy atom. The van der Waals surface area contributed by atoms with Crippen molar-refractivity contribution < 1.29 is 9.53 Å². The molecule has 2 N–H and O–H groups in total. The topological polar surface area (TPSA) is 79.4 Å². The van der Waals surface area contributed by atoms with Crippen LogP contribution in [0.5, 0.6) is 0 Å². The summed E-state index contributed by atoms with van der Waals surface area (Å²) in [5.74, 6) is 0.557. The van der Waals surface area contributed by atoms with Crippen LogP contribution >= 0.6 is 0 Å². The number of carbonyl (C=O) groups excluding carboxylic acids is 1. The minimum atomic E-state index is -0.142. The lowest BCUT2D eigenvalue weighted by Crippen LogP contribution is -2.36. The molecule has 1 aromatic heterocycles. The predicted molar refractivity (Wildman–Crippen MR) is 114 cm³/mol. The van der Waals surface area contributed by atoms with Gasteiger partial charge in [0.15, 0.2) is 0 Å². The molecule has 0 bridgehead atoms. The molecule has 0 saturated carbocycles. The van der Waals surface area contributed by atoms with Crippen molar-refractivity contribution in [2.75, 3.05) is 41.8 Å². The Bertz CT molecular complexity index is 988. The quantitative estimate of drug-likeness (QED) is 0.694. The van der Waals surface area contributed by atoms with Crippen LogP contribution in [-0.4, -0.2) is 42.2 Å². The Kier molecular flexibility index (Phi) is 5.67. The van der Waals surface area contributed by atoms with Crippen LogP contribution in [0, 0.1) is 6.92 Å². The summed E-state index contributed by atoms with van der Waals surface area (Å²) in [5, 5.41) is 6.24. The van der Waals surface area contributed by atoms with E-state index in [-0.39, 0.29) is 5.91 Å². The third kappa shape index (κ3) is 4.70. The predicted octanol–water partition coefficient (Wildman–Crippen LogP) is 3.62. The van der Waals surface area contributed by atoms with Crippen molar-refractivity contribution in [1.29, 1.82) is 0 Å². The highest BCUT2D eigenvalue weighted by atomic mass is 16.5. The van der Waals surface area contributed by atoms with Crippen LogP contribution in [0.15, 0.2) is 61.1 Å². The van der Waals surface area contributed by atoms with E-state index in [1.807, 2.05) is 49.4 Å². The van der Waals surface area contributed by atoms with Gasteiger partial charge in [-0.25, -0.2) is 9.97 Å². The normalized spacial score (nSPS) is 13.8. The van der Waals surface area contributed by atoms with Crippen LogP contribution in [0.3, 0.4) is 0 Å². The summed E-state index contributed by atoms with van der Waals surface area (Å²) in [5.41, 5.74) is 4.31. The number of aryl methyl sites for hydroxylation is 1. The van der Waals surface area contributed by atoms with Crippen molar-refractivity contribution >= 4 is 28.8 Å². The van der Waals surface area contributed by atoms with Crippen molar-refractivity contribution in [2.24, 2.45) is 0 Å². The lowest BCUT2D eigenvalue weighted by Gasteiger charge is -2.29. The third-order valence-electron chi connectivity index (χ3n) is 4.82. The van der Waals surface area contributed by atoms with E-state index in [4.69, 9.17) is 4.74 Å². The van der Waals surface area contributed by atoms with Gasteiger partial charge in [-0.3, -0.25) is 4.79 Å². The fourth-order valence-electron chi connectivity index (χ4n) is 3.21. The van der Waals surface area contributed by atoms with Crippen LogP contribution in [0.2, 0.25) is 0 Å². The Balaban J connectivity index is 1.49. The molecule has 7 nitrogen and oxygen atoms in total. The fraction of sp³-hybridized carbons (Fsp3) is 0.227. The zero-order chi connectivity index (χ0) is 20.1. The van der Waals surface area contributed by atoms with Gasteiger partial charge in [-0.15, -0.1) is 0 Å². The number of ether oxygens (including phenoxy) is 1. The summed E-state index contributed by atoms with van der Waals surface area (Å²) in [6.45, 7) is 5.09. The number of nitrogens with zero attached hydrogens (tertiary/aromatic N) is 3. The Morgan fingerprint density at radius 2 is 1.97 bits per heavy atom. The fourth-order valence-corrected chi connectivity index (χ4v) is 3.21. The van der Waals surface area contributed by atoms with Gasteiger partial charge >= 0.3 is 0 Å². The molecule has 1 saturated heterocycles. The molecular weight excluding hydrogens is 366 g/mol. The molecule has 0 spiro atoms. The highest BCUT2D eigenvalue weighted by molar-refractivity contribution is 6.05. The lowest BCUT2D eigenvalue weighted by atomic mass is 10.1. The molecule has 29 heavy (non-hydrogen) atoms. The molecule has 1 aliphatic rings. The number of hydrogen-bond donors (Lipinski definition) is 2. The highest BCUT2D eigenvalue weighted by Crippen LogP contribution is 2.24. The molecule has 3 aromatic rings. The van der Waals surface area contributed by atoms with E-state index in [1.54, 1.807) is 12.3 Å². The number of anilines is 4. The number of hydrogen-bond acceptors (Lipinski definition) is 6. The molecule has 0 radical (unpaired) electrons. The molecule has 2 heterocycles. The van der Waals surface area contributed by atoms with Crippen molar-refractivity contribution in [3.05, 3.63) is 72.2 Å². The average molecular weight is 389 g/mol. The first kappa shape index (κ1) is 18.9. The lowest BCUT2D eigenvalue weighted by molar-refractivity contribution is 0.102. The molecule has 1 fully saturated rings. The summed E-state index contributed by atoms with van der Waals surface area (Å²) in [6.07, 6.45) is 3.17. The zero-order valence-corrected chi connectivity index (χ0v) is 16.3. The summed E-state index contributed by atoms with van der Waals surface area (Å²) in [7, 11) is 0. The number of nitrogens with one attached hydrogen (secondary N) is 2. The van der Waals surface area contributed by atoms with Crippen molar-refractivity contribution in [2.45, 2.75) is 6.92 Å². The number of benzene rings is 2. The van der Waals surface area contributed by atoms with E-state index in [0.717, 1.165) is 30.0 Å². The number of morpholine rings is 1. The molecule has 1 amide bonds. The van der Waals surface area contributed by atoms with Gasteiger partial charge in [-0.2, -0.15) is 0 Å². The van der Waals surface area contributed by atoms with E-state index in [9.17, 15) is 4.79 Å². The molecule has 148 valence electrons. The summed E-state index contributed by atoms with van der Waals surface area (Å²) in [4.78, 5) is 23.1. The maximum Gasteiger partial charge on any atom is 0.255 e. The number of rotatable bonds is 5. The first-order valence-corrected chi connectivity index (χ1v) is 9.57. The first-order chi connectivity index (χ1) is 14.2. The minimum Gasteiger partial charge on any atom is -0.378 e. The van der Waals surface area contributed by atoms with Crippen molar-refractivity contribution in [1.82, 2.24) is 9.97 Å². The van der Waals surface area contributed by atoms with E-state index < -0.39 is 0 Å². The second kappa shape index (κ2) is 8.70. The molecule has 0 unspecified atom stereocenters. The molecule has 2 aromatic carbocycles. The molecule has 7 heteroatoms. The van der Waals surface area contributed by atoms with Crippen LogP contribution in [0.25, 0.3) is 0 Å². The maximum absolute atomic E-state index is 12.8. The Morgan fingerprint density at radius 3 is 2.76 bits per heavy atom. The van der Waals surface area contributed by atoms with Crippen LogP contribution in [0.1, 0.15) is 15.9 Å². The molecular formula is C22H23N5O2. The van der Waals surface area contributed by atoms with Gasteiger partial charge in [-0.05, 0) is 48.9 Å². The summed E-state index contributed by atoms with van der Waals surface area (Å²) in [6, 6.07) is 15.2. The first-order valence-electron chi connectivity index (χ1n) is 9.57. The number of amides is 1. The van der Waals surface area contributed by atoms with Crippen LogP contribution < -0.4 is 15.5 Å². The monoisotopic (exact) mass is 389 g/mol. The van der Waals surface area contributed by atoms with Gasteiger partial charge in [0, 0.05) is 41.9 Å². The maximum atomic E-state index is 12.8. The highest BCUT2D eigenvalue weighted by Gasteiger charge is 2.14. The second-order valence-electron chi connectivity index (χ2n) is 6.85. The molecule has 0 aliphatic carbocycles. The van der Waals surface area contributed by atoms with Crippen molar-refractivity contribution in [3.63, 3.8) is 0 Å². The molecule has 1 aliphatic heterocycles. The minimum absolute atomic E-state index is 0.142. The molecule has 4 rings (SSSR count). The van der Waals surface area contributed by atoms with E-state index in [1.165, 1.54) is 6.33 Å². The summed E-state index contributed by atoms with van der Waals surface area (Å²) >= 11 is 0. The van der Waals surface area contributed by atoms with Gasteiger partial charge in [0.25, 0.3) is 5.91 Å². The molecule has 0 atom stereocenters. The van der Waals surface area contributed by atoms with E-state index >= 15 is 0 Å². The van der Waals surface area contributed by atoms with Gasteiger partial charge in [-0.1, -0.05) is 12.1 Å². The van der Waals surface area contributed by atoms with E-state index in [2.05, 4.69) is 25.5 Å². The standard InChI is InChI=1S/C22H23N5O2/c1-16-5-6-18(14-20(16)26-21-7-8-23-15-24-21)25-22(28)17-3-2-4-19(13-17)27-9-11-29-12-10-27/h2-8,13-15H,9-12H2,1H3,(H,25,28)(H,23,24,26). The number of aromatic nitrogens is 2. The smallest absolute Gasteiger partial charge is 0.255 e. The van der Waals surface area contributed by atoms with E-state index in [0.29, 0.717) is 30.3 Å². The number of carbonyl (C=O) groups is 1. The average Bonchev–Trinajstić information content (AvgIpc) is 2.77. The van der Waals surface area contributed by atoms with Crippen molar-refractivity contribution in [3.8, 4) is 0 Å². The van der Waals surface area contributed by atoms with Gasteiger partial charge < -0.3 is 20.3 Å². The van der Waals surface area contributed by atoms with Gasteiger partial charge in [0.1, 0.15) is 12.1 Å². The second-order valence-corrected chi connectivity index (χ2v) is 6.85. The van der Waals surface area contributed by atoms with Gasteiger partial charge in [0.05, 0.1) is 13.2 Å². The van der Waals surface area contributed by atoms with Gasteiger partial charge in [0.2, 0.25) is 0 Å².